The van der Waals surface area contributed by atoms with E-state index in [9.17, 15) is 34.8 Å². The Morgan fingerprint density at radius 1 is 1.20 bits per heavy atom. The molecule has 0 aliphatic heterocycles. The number of aliphatic hydroxyl groups excluding tert-OH is 2. The van der Waals surface area contributed by atoms with Crippen LogP contribution in [0.1, 0.15) is 45.3 Å². The lowest BCUT2D eigenvalue weighted by Crippen LogP contribution is -2.65. The zero-order valence-corrected chi connectivity index (χ0v) is 24.0. The van der Waals surface area contributed by atoms with E-state index >= 15 is 0 Å². The molecule has 1 fully saturated rings. The predicted molar refractivity (Wildman–Crippen MR) is 150 cm³/mol. The maximum atomic E-state index is 14.1. The maximum Gasteiger partial charge on any atom is 0.255 e. The van der Waals surface area contributed by atoms with Crippen LogP contribution in [0, 0.1) is 17.3 Å². The van der Waals surface area contributed by atoms with Crippen molar-refractivity contribution in [3.05, 3.63) is 39.7 Å². The molecular formula is C29H40N4O7. The molecule has 7 N–H and O–H groups in total. The molecular weight excluding hydrogens is 516 g/mol. The number of fused-ring (bicyclic) bond motifs is 3. The van der Waals surface area contributed by atoms with Gasteiger partial charge in [0.2, 0.25) is 5.78 Å². The average molecular weight is 558 g/mol. The van der Waals surface area contributed by atoms with Crippen LogP contribution in [0.15, 0.2) is 23.0 Å². The minimum absolute atomic E-state index is 0.0226. The van der Waals surface area contributed by atoms with Crippen molar-refractivity contribution >= 4 is 28.9 Å². The predicted octanol–water partition coefficient (Wildman–Crippen LogP) is 1.17. The van der Waals surface area contributed by atoms with Gasteiger partial charge in [-0.05, 0) is 49.9 Å². The number of carbonyl (C=O) groups excluding carboxylic acids is 3. The number of primary amides is 1. The number of ketones is 2. The fourth-order valence-corrected chi connectivity index (χ4v) is 6.35. The lowest BCUT2D eigenvalue weighted by molar-refractivity contribution is -0.153. The van der Waals surface area contributed by atoms with Crippen LogP contribution in [-0.2, 0) is 27.3 Å². The molecule has 0 bridgehead atoms. The van der Waals surface area contributed by atoms with Crippen LogP contribution in [0.4, 0.5) is 5.69 Å². The molecule has 1 amide bonds. The Morgan fingerprint density at radius 3 is 2.35 bits per heavy atom. The number of phenolic OH excluding ortho intramolecular Hbond substituents is 1. The number of hydrogen-bond acceptors (Lipinski definition) is 10. The fraction of sp³-hybridized carbons (Fsp3) is 0.552. The molecule has 218 valence electrons. The standard InChI is InChI=1S/C29H40N4O7/c1-28(2,3)12-31-11-14-10-17(32(4)5)15-8-13-9-16-21(33(6)7)24(36)20(27(30)39)26(38)29(16,40)25(37)18(13)23(35)19(15)22(14)34/h10,13,16,21,31,34-35,38,40H,8-9,11-12H2,1-7H3,(H2,30,39)/t13-,16-,21-,29-/m0/s1/i12D/t12?,13-,16-,21-,29-. The van der Waals surface area contributed by atoms with Crippen molar-refractivity contribution in [2.24, 2.45) is 23.0 Å². The summed E-state index contributed by atoms with van der Waals surface area (Å²) < 4.78 is 8.37. The molecule has 0 spiro atoms. The number of aliphatic hydroxyl groups is 3. The summed E-state index contributed by atoms with van der Waals surface area (Å²) >= 11 is 0. The number of nitrogens with one attached hydrogen (secondary N) is 1. The number of anilines is 1. The van der Waals surface area contributed by atoms with E-state index in [1.165, 1.54) is 4.90 Å². The van der Waals surface area contributed by atoms with Crippen LogP contribution in [0.5, 0.6) is 5.75 Å². The minimum atomic E-state index is -2.69. The van der Waals surface area contributed by atoms with E-state index in [2.05, 4.69) is 5.32 Å². The molecule has 11 nitrogen and oxygen atoms in total. The van der Waals surface area contributed by atoms with Gasteiger partial charge in [-0.15, -0.1) is 0 Å². The first-order valence-electron chi connectivity index (χ1n) is 13.8. The van der Waals surface area contributed by atoms with Gasteiger partial charge >= 0.3 is 0 Å². The Bertz CT molecular complexity index is 1390. The highest BCUT2D eigenvalue weighted by molar-refractivity contribution is 6.24. The zero-order valence-electron chi connectivity index (χ0n) is 25.0. The molecule has 1 aromatic carbocycles. The molecule has 1 aromatic rings. The van der Waals surface area contributed by atoms with Crippen molar-refractivity contribution in [3.63, 3.8) is 0 Å². The molecule has 1 unspecified atom stereocenters. The minimum Gasteiger partial charge on any atom is -0.508 e. The first-order valence-corrected chi connectivity index (χ1v) is 13.2. The second-order valence-electron chi connectivity index (χ2n) is 12.5. The van der Waals surface area contributed by atoms with Crippen molar-refractivity contribution in [2.45, 2.75) is 51.8 Å². The summed E-state index contributed by atoms with van der Waals surface area (Å²) in [6, 6.07) is 0.638. The monoisotopic (exact) mass is 557 g/mol. The van der Waals surface area contributed by atoms with E-state index in [4.69, 9.17) is 7.10 Å². The second kappa shape index (κ2) is 9.90. The van der Waals surface area contributed by atoms with E-state index in [0.717, 1.165) is 0 Å². The number of benzene rings is 1. The first kappa shape index (κ1) is 28.1. The number of phenols is 1. The van der Waals surface area contributed by atoms with Crippen LogP contribution in [0.3, 0.4) is 0 Å². The highest BCUT2D eigenvalue weighted by Gasteiger charge is 2.64. The topological polar surface area (TPSA) is 177 Å². The van der Waals surface area contributed by atoms with Gasteiger partial charge in [-0.25, -0.2) is 0 Å². The van der Waals surface area contributed by atoms with Gasteiger partial charge in [0.15, 0.2) is 11.4 Å². The summed E-state index contributed by atoms with van der Waals surface area (Å²) in [6.07, 6.45) is 0.223. The molecule has 3 aliphatic rings. The summed E-state index contributed by atoms with van der Waals surface area (Å²) in [7, 11) is 6.74. The van der Waals surface area contributed by atoms with Crippen molar-refractivity contribution in [2.75, 3.05) is 39.6 Å². The van der Waals surface area contributed by atoms with Crippen LogP contribution < -0.4 is 16.0 Å². The molecule has 0 radical (unpaired) electrons. The highest BCUT2D eigenvalue weighted by Crippen LogP contribution is 2.54. The molecule has 0 heterocycles. The molecule has 5 atom stereocenters. The SMILES string of the molecule is [2H]C(NCc1cc(N(C)C)c2c(c1O)C(O)=C1C(=O)[C@]3(O)C(O)=C(C(N)=O)C(=O)[C@@H](N(C)C)[C@@H]3C[C@@H]1C2)C(C)(C)C. The lowest BCUT2D eigenvalue weighted by Gasteiger charge is -2.50. The Kier molecular flexibility index (Phi) is 6.96. The van der Waals surface area contributed by atoms with Gasteiger partial charge in [-0.2, -0.15) is 0 Å². The van der Waals surface area contributed by atoms with Gasteiger partial charge in [-0.1, -0.05) is 20.8 Å². The molecule has 4 rings (SSSR count). The largest absolute Gasteiger partial charge is 0.508 e. The smallest absolute Gasteiger partial charge is 0.255 e. The van der Waals surface area contributed by atoms with Crippen LogP contribution >= 0.6 is 0 Å². The number of carbonyl (C=O) groups is 3. The Labute approximate surface area is 235 Å². The summed E-state index contributed by atoms with van der Waals surface area (Å²) in [6.45, 7) is 5.18. The molecule has 0 aromatic heterocycles. The third-order valence-corrected chi connectivity index (χ3v) is 8.09. The van der Waals surface area contributed by atoms with Crippen molar-refractivity contribution in [1.82, 2.24) is 10.2 Å². The summed E-state index contributed by atoms with van der Waals surface area (Å²) in [5.41, 5.74) is 2.97. The van der Waals surface area contributed by atoms with Gasteiger partial charge in [0.1, 0.15) is 22.8 Å². The first-order chi connectivity index (χ1) is 18.8. The summed E-state index contributed by atoms with van der Waals surface area (Å²) in [5.74, 6) is -6.83. The Balaban J connectivity index is 1.92. The summed E-state index contributed by atoms with van der Waals surface area (Å²) in [4.78, 5) is 42.7. The van der Waals surface area contributed by atoms with Gasteiger partial charge in [0, 0.05) is 51.3 Å². The third-order valence-electron chi connectivity index (χ3n) is 8.09. The molecule has 40 heavy (non-hydrogen) atoms. The van der Waals surface area contributed by atoms with Gasteiger partial charge in [0.05, 0.1) is 11.6 Å². The third kappa shape index (κ3) is 4.46. The Morgan fingerprint density at radius 2 is 1.82 bits per heavy atom. The van der Waals surface area contributed by atoms with Gasteiger partial charge < -0.3 is 36.4 Å². The number of nitrogens with zero attached hydrogens (tertiary/aromatic N) is 2. The fourth-order valence-electron chi connectivity index (χ4n) is 6.35. The van der Waals surface area contributed by atoms with Crippen LogP contribution in [-0.4, -0.2) is 89.2 Å². The van der Waals surface area contributed by atoms with E-state index in [1.807, 2.05) is 39.8 Å². The molecule has 11 heteroatoms. The van der Waals surface area contributed by atoms with Crippen molar-refractivity contribution in [3.8, 4) is 5.75 Å². The quantitative estimate of drug-likeness (QED) is 0.278. The highest BCUT2D eigenvalue weighted by atomic mass is 16.3. The van der Waals surface area contributed by atoms with E-state index in [-0.39, 0.29) is 41.7 Å². The number of rotatable bonds is 6. The number of amides is 1. The van der Waals surface area contributed by atoms with Crippen molar-refractivity contribution in [1.29, 1.82) is 0 Å². The zero-order chi connectivity index (χ0) is 30.9. The number of hydrogen-bond donors (Lipinski definition) is 6. The van der Waals surface area contributed by atoms with E-state index in [1.54, 1.807) is 20.2 Å². The maximum absolute atomic E-state index is 14.1. The average Bonchev–Trinajstić information content (AvgIpc) is 2.84. The molecule has 3 aliphatic carbocycles. The number of aromatic hydroxyl groups is 1. The van der Waals surface area contributed by atoms with Crippen molar-refractivity contribution < 1.29 is 36.2 Å². The van der Waals surface area contributed by atoms with Crippen LogP contribution in [0.25, 0.3) is 5.76 Å². The second-order valence-corrected chi connectivity index (χ2v) is 12.5. The normalized spacial score (nSPS) is 27.7. The van der Waals surface area contributed by atoms with E-state index in [0.29, 0.717) is 16.8 Å². The van der Waals surface area contributed by atoms with Crippen LogP contribution in [0.2, 0.25) is 0 Å². The summed E-state index contributed by atoms with van der Waals surface area (Å²) in [5, 5.41) is 48.8. The van der Waals surface area contributed by atoms with Gasteiger partial charge in [0.25, 0.3) is 5.91 Å². The number of likely N-dealkylation sites (N-methyl/N-ethyl adjacent to an activating group) is 1. The number of Topliss-reactive ketones (excluding diaryl/α,β-unsaturated/α-hetero) is 2. The Hall–Kier alpha value is -3.41. The van der Waals surface area contributed by atoms with Gasteiger partial charge in [-0.3, -0.25) is 19.3 Å². The van der Waals surface area contributed by atoms with E-state index < -0.39 is 64.6 Å². The molecule has 0 saturated heterocycles. The molecule has 1 saturated carbocycles. The lowest BCUT2D eigenvalue weighted by atomic mass is 9.57. The number of nitrogens with two attached hydrogens (primary N) is 1.